The summed E-state index contributed by atoms with van der Waals surface area (Å²) in [5, 5.41) is 29.6. The minimum atomic E-state index is -0.566. The van der Waals surface area contributed by atoms with Crippen LogP contribution in [0.1, 0.15) is 11.1 Å². The molecule has 0 unspecified atom stereocenters. The van der Waals surface area contributed by atoms with E-state index >= 15 is 0 Å². The van der Waals surface area contributed by atoms with Crippen LogP contribution in [-0.4, -0.2) is 20.1 Å². The van der Waals surface area contributed by atoms with E-state index in [0.29, 0.717) is 18.1 Å². The molecule has 0 fully saturated rings. The molecule has 8 heteroatoms. The van der Waals surface area contributed by atoms with E-state index in [2.05, 4.69) is 20.5 Å². The molecule has 0 aliphatic rings. The number of nitro benzene ring substituents is 1. The number of H-pyrrole nitrogens is 1. The Hall–Kier alpha value is -3.73. The standard InChI is InChI=1S/C16H12N6O2/c17-8-13-7-14(4-5-15(13)22(23)24)18-9-11-2-1-3-12(6-11)16-19-10-20-21-16/h1-7,10,18H,9H2,(H,19,20,21). The molecule has 2 N–H and O–H groups in total. The first-order valence-electron chi connectivity index (χ1n) is 7.04. The van der Waals surface area contributed by atoms with Gasteiger partial charge in [-0.1, -0.05) is 18.2 Å². The van der Waals surface area contributed by atoms with Gasteiger partial charge in [-0.3, -0.25) is 15.2 Å². The Balaban J connectivity index is 1.76. The zero-order valence-electron chi connectivity index (χ0n) is 12.4. The highest BCUT2D eigenvalue weighted by Gasteiger charge is 2.13. The lowest BCUT2D eigenvalue weighted by atomic mass is 10.1. The van der Waals surface area contributed by atoms with Gasteiger partial charge in [-0.2, -0.15) is 10.4 Å². The topological polar surface area (TPSA) is 121 Å². The van der Waals surface area contributed by atoms with Crippen molar-refractivity contribution in [1.82, 2.24) is 15.2 Å². The van der Waals surface area contributed by atoms with Crippen LogP contribution in [-0.2, 0) is 6.54 Å². The van der Waals surface area contributed by atoms with Gasteiger partial charge in [0.25, 0.3) is 5.69 Å². The first kappa shape index (κ1) is 15.2. The number of nitro groups is 1. The Morgan fingerprint density at radius 1 is 1.29 bits per heavy atom. The molecule has 1 aromatic heterocycles. The highest BCUT2D eigenvalue weighted by molar-refractivity contribution is 5.59. The second-order valence-electron chi connectivity index (χ2n) is 4.99. The van der Waals surface area contributed by atoms with Gasteiger partial charge in [0.1, 0.15) is 18.0 Å². The third-order valence-electron chi connectivity index (χ3n) is 3.43. The molecule has 3 aromatic rings. The number of nitriles is 1. The Labute approximate surface area is 136 Å². The molecular weight excluding hydrogens is 308 g/mol. The highest BCUT2D eigenvalue weighted by Crippen LogP contribution is 2.22. The van der Waals surface area contributed by atoms with Crippen molar-refractivity contribution in [1.29, 1.82) is 5.26 Å². The maximum absolute atomic E-state index is 10.8. The predicted molar refractivity (Wildman–Crippen MR) is 87.0 cm³/mol. The lowest BCUT2D eigenvalue weighted by Crippen LogP contribution is -2.01. The zero-order chi connectivity index (χ0) is 16.9. The van der Waals surface area contributed by atoms with Gasteiger partial charge >= 0.3 is 0 Å². The molecule has 24 heavy (non-hydrogen) atoms. The molecular formula is C16H12N6O2. The van der Waals surface area contributed by atoms with Crippen molar-refractivity contribution in [2.75, 3.05) is 5.32 Å². The summed E-state index contributed by atoms with van der Waals surface area (Å²) in [4.78, 5) is 14.4. The van der Waals surface area contributed by atoms with Crippen LogP contribution < -0.4 is 5.32 Å². The number of hydrogen-bond acceptors (Lipinski definition) is 6. The molecule has 2 aromatic carbocycles. The van der Waals surface area contributed by atoms with Gasteiger partial charge in [-0.25, -0.2) is 4.98 Å². The van der Waals surface area contributed by atoms with Crippen LogP contribution in [0.25, 0.3) is 11.4 Å². The summed E-state index contributed by atoms with van der Waals surface area (Å²) in [6.45, 7) is 0.505. The van der Waals surface area contributed by atoms with Crippen molar-refractivity contribution in [2.45, 2.75) is 6.54 Å². The number of anilines is 1. The molecule has 0 saturated carbocycles. The van der Waals surface area contributed by atoms with Crippen molar-refractivity contribution >= 4 is 11.4 Å². The van der Waals surface area contributed by atoms with Gasteiger partial charge in [-0.05, 0) is 23.8 Å². The summed E-state index contributed by atoms with van der Waals surface area (Å²) in [6.07, 6.45) is 1.44. The summed E-state index contributed by atoms with van der Waals surface area (Å²) in [7, 11) is 0. The fourth-order valence-corrected chi connectivity index (χ4v) is 2.27. The van der Waals surface area contributed by atoms with E-state index in [4.69, 9.17) is 5.26 Å². The lowest BCUT2D eigenvalue weighted by Gasteiger charge is -2.08. The Morgan fingerprint density at radius 3 is 2.88 bits per heavy atom. The minimum Gasteiger partial charge on any atom is -0.381 e. The van der Waals surface area contributed by atoms with Crippen LogP contribution in [0.4, 0.5) is 11.4 Å². The van der Waals surface area contributed by atoms with Crippen LogP contribution in [0.3, 0.4) is 0 Å². The molecule has 8 nitrogen and oxygen atoms in total. The van der Waals surface area contributed by atoms with Gasteiger partial charge < -0.3 is 5.32 Å². The van der Waals surface area contributed by atoms with Gasteiger partial charge in [0, 0.05) is 23.9 Å². The SMILES string of the molecule is N#Cc1cc(NCc2cccc(-c3ncn[nH]3)c2)ccc1[N+](=O)[O-]. The van der Waals surface area contributed by atoms with Gasteiger partial charge in [-0.15, -0.1) is 0 Å². The van der Waals surface area contributed by atoms with E-state index in [1.807, 2.05) is 30.3 Å². The molecule has 0 atom stereocenters. The van der Waals surface area contributed by atoms with Crippen molar-refractivity contribution in [3.63, 3.8) is 0 Å². The molecule has 0 radical (unpaired) electrons. The van der Waals surface area contributed by atoms with Crippen molar-refractivity contribution in [3.05, 3.63) is 70.0 Å². The summed E-state index contributed by atoms with van der Waals surface area (Å²) in [6, 6.07) is 14.0. The predicted octanol–water partition coefficient (Wildman–Crippen LogP) is 2.86. The molecule has 0 bridgehead atoms. The van der Waals surface area contributed by atoms with E-state index in [9.17, 15) is 10.1 Å². The number of nitrogens with zero attached hydrogens (tertiary/aromatic N) is 4. The monoisotopic (exact) mass is 320 g/mol. The quantitative estimate of drug-likeness (QED) is 0.551. The van der Waals surface area contributed by atoms with Crippen LogP contribution in [0.2, 0.25) is 0 Å². The van der Waals surface area contributed by atoms with Gasteiger partial charge in [0.05, 0.1) is 4.92 Å². The fourth-order valence-electron chi connectivity index (χ4n) is 2.27. The molecule has 0 saturated heterocycles. The zero-order valence-corrected chi connectivity index (χ0v) is 12.4. The Bertz CT molecular complexity index is 915. The molecule has 1 heterocycles. The smallest absolute Gasteiger partial charge is 0.287 e. The molecule has 0 spiro atoms. The molecule has 0 aliphatic heterocycles. The van der Waals surface area contributed by atoms with Gasteiger partial charge in [0.15, 0.2) is 5.82 Å². The number of rotatable bonds is 5. The van der Waals surface area contributed by atoms with E-state index in [-0.39, 0.29) is 11.3 Å². The largest absolute Gasteiger partial charge is 0.381 e. The maximum Gasteiger partial charge on any atom is 0.287 e. The number of aromatic nitrogens is 3. The van der Waals surface area contributed by atoms with Crippen LogP contribution in [0.15, 0.2) is 48.8 Å². The van der Waals surface area contributed by atoms with Crippen LogP contribution in [0, 0.1) is 21.4 Å². The van der Waals surface area contributed by atoms with E-state index < -0.39 is 4.92 Å². The first-order valence-corrected chi connectivity index (χ1v) is 7.04. The summed E-state index contributed by atoms with van der Waals surface area (Å²) in [5.41, 5.74) is 2.38. The number of hydrogen-bond donors (Lipinski definition) is 2. The number of nitrogens with one attached hydrogen (secondary N) is 2. The minimum absolute atomic E-state index is 0.0282. The van der Waals surface area contributed by atoms with E-state index in [0.717, 1.165) is 11.1 Å². The number of aromatic amines is 1. The average molecular weight is 320 g/mol. The number of benzene rings is 2. The molecule has 3 rings (SSSR count). The summed E-state index contributed by atoms with van der Waals surface area (Å²) >= 11 is 0. The third-order valence-corrected chi connectivity index (χ3v) is 3.43. The summed E-state index contributed by atoms with van der Waals surface area (Å²) < 4.78 is 0. The lowest BCUT2D eigenvalue weighted by molar-refractivity contribution is -0.385. The van der Waals surface area contributed by atoms with Gasteiger partial charge in [0.2, 0.25) is 0 Å². The van der Waals surface area contributed by atoms with Crippen LogP contribution >= 0.6 is 0 Å². The maximum atomic E-state index is 10.8. The fraction of sp³-hybridized carbons (Fsp3) is 0.0625. The molecule has 118 valence electrons. The average Bonchev–Trinajstić information content (AvgIpc) is 3.14. The van der Waals surface area contributed by atoms with Crippen molar-refractivity contribution in [2.24, 2.45) is 0 Å². The van der Waals surface area contributed by atoms with Crippen molar-refractivity contribution in [3.8, 4) is 17.5 Å². The molecule has 0 aliphatic carbocycles. The van der Waals surface area contributed by atoms with Crippen molar-refractivity contribution < 1.29 is 4.92 Å². The second-order valence-corrected chi connectivity index (χ2v) is 4.99. The molecule has 0 amide bonds. The normalized spacial score (nSPS) is 10.1. The Morgan fingerprint density at radius 2 is 2.17 bits per heavy atom. The Kier molecular flexibility index (Phi) is 4.16. The van der Waals surface area contributed by atoms with E-state index in [1.165, 1.54) is 18.5 Å². The third kappa shape index (κ3) is 3.20. The summed E-state index contributed by atoms with van der Waals surface area (Å²) in [5.74, 6) is 0.680. The second kappa shape index (κ2) is 6.58. The van der Waals surface area contributed by atoms with Crippen LogP contribution in [0.5, 0.6) is 0 Å². The van der Waals surface area contributed by atoms with E-state index in [1.54, 1.807) is 6.07 Å². The highest BCUT2D eigenvalue weighted by atomic mass is 16.6. The first-order chi connectivity index (χ1) is 11.7.